The summed E-state index contributed by atoms with van der Waals surface area (Å²) in [7, 11) is 1.86. The minimum atomic E-state index is 0.521. The van der Waals surface area contributed by atoms with E-state index in [9.17, 15) is 0 Å². The topological polar surface area (TPSA) is 9.23 Å². The van der Waals surface area contributed by atoms with Gasteiger partial charge in [0.15, 0.2) is 0 Å². The van der Waals surface area contributed by atoms with Crippen LogP contribution in [0.5, 0.6) is 0 Å². The molecule has 13 heavy (non-hydrogen) atoms. The predicted octanol–water partition coefficient (Wildman–Crippen LogP) is 3.34. The summed E-state index contributed by atoms with van der Waals surface area (Å²) >= 11 is 0. The van der Waals surface area contributed by atoms with Gasteiger partial charge in [-0.1, -0.05) is 27.7 Å². The molecule has 0 aromatic rings. The lowest BCUT2D eigenvalue weighted by molar-refractivity contribution is 0.0340. The Labute approximate surface area is 82.9 Å². The molecule has 1 heteroatoms. The average molecular weight is 184 g/mol. The Morgan fingerprint density at radius 1 is 1.00 bits per heavy atom. The Morgan fingerprint density at radius 2 is 1.62 bits per heavy atom. The van der Waals surface area contributed by atoms with Gasteiger partial charge in [-0.3, -0.25) is 0 Å². The third-order valence-electron chi connectivity index (χ3n) is 3.64. The lowest BCUT2D eigenvalue weighted by Crippen LogP contribution is -2.28. The molecule has 1 rings (SSSR count). The van der Waals surface area contributed by atoms with Crippen LogP contribution in [-0.2, 0) is 4.74 Å². The fourth-order valence-corrected chi connectivity index (χ4v) is 2.99. The number of ether oxygens (including phenoxy) is 1. The highest BCUT2D eigenvalue weighted by atomic mass is 16.5. The van der Waals surface area contributed by atoms with Gasteiger partial charge in [-0.15, -0.1) is 0 Å². The zero-order valence-corrected chi connectivity index (χ0v) is 9.71. The van der Waals surface area contributed by atoms with Gasteiger partial charge >= 0.3 is 0 Å². The molecule has 0 N–H and O–H groups in total. The Bertz CT molecular complexity index is 151. The molecule has 1 nitrogen and oxygen atoms in total. The van der Waals surface area contributed by atoms with E-state index >= 15 is 0 Å². The average Bonchev–Trinajstić information content (AvgIpc) is 2.46. The van der Waals surface area contributed by atoms with Crippen molar-refractivity contribution in [3.05, 3.63) is 0 Å². The molecule has 0 aliphatic heterocycles. The summed E-state index contributed by atoms with van der Waals surface area (Å²) in [6.45, 7) is 9.35. The zero-order chi connectivity index (χ0) is 10.0. The SMILES string of the molecule is COC1CCC(C(C)C)C1C(C)C. The van der Waals surface area contributed by atoms with Crippen molar-refractivity contribution in [1.29, 1.82) is 0 Å². The Hall–Kier alpha value is -0.0400. The quantitative estimate of drug-likeness (QED) is 0.653. The van der Waals surface area contributed by atoms with Crippen LogP contribution in [0.1, 0.15) is 40.5 Å². The number of rotatable bonds is 3. The second kappa shape index (κ2) is 4.45. The molecule has 0 bridgehead atoms. The predicted molar refractivity (Wildman–Crippen MR) is 56.7 cm³/mol. The standard InChI is InChI=1S/C12H24O/c1-8(2)10-6-7-11(13-5)12(10)9(3)4/h8-12H,6-7H2,1-5H3. The third-order valence-corrected chi connectivity index (χ3v) is 3.64. The van der Waals surface area contributed by atoms with Crippen LogP contribution in [0, 0.1) is 23.7 Å². The first-order chi connectivity index (χ1) is 6.07. The van der Waals surface area contributed by atoms with E-state index in [1.165, 1.54) is 12.8 Å². The monoisotopic (exact) mass is 184 g/mol. The fourth-order valence-electron chi connectivity index (χ4n) is 2.99. The molecular formula is C12H24O. The molecule has 3 atom stereocenters. The summed E-state index contributed by atoms with van der Waals surface area (Å²) in [6, 6.07) is 0. The smallest absolute Gasteiger partial charge is 0.0604 e. The van der Waals surface area contributed by atoms with E-state index in [-0.39, 0.29) is 0 Å². The van der Waals surface area contributed by atoms with Crippen LogP contribution in [-0.4, -0.2) is 13.2 Å². The summed E-state index contributed by atoms with van der Waals surface area (Å²) in [5.74, 6) is 3.24. The summed E-state index contributed by atoms with van der Waals surface area (Å²) in [6.07, 6.45) is 3.15. The van der Waals surface area contributed by atoms with Crippen molar-refractivity contribution in [2.24, 2.45) is 23.7 Å². The van der Waals surface area contributed by atoms with Crippen molar-refractivity contribution in [1.82, 2.24) is 0 Å². The maximum atomic E-state index is 5.57. The van der Waals surface area contributed by atoms with Crippen molar-refractivity contribution in [2.75, 3.05) is 7.11 Å². The van der Waals surface area contributed by atoms with Crippen LogP contribution in [0.3, 0.4) is 0 Å². The van der Waals surface area contributed by atoms with E-state index in [0.717, 1.165) is 23.7 Å². The molecule has 1 aliphatic carbocycles. The minimum absolute atomic E-state index is 0.521. The first kappa shape index (κ1) is 11.0. The Kier molecular flexibility index (Phi) is 3.78. The minimum Gasteiger partial charge on any atom is -0.381 e. The van der Waals surface area contributed by atoms with E-state index in [2.05, 4.69) is 27.7 Å². The van der Waals surface area contributed by atoms with Gasteiger partial charge in [-0.25, -0.2) is 0 Å². The normalized spacial score (nSPS) is 34.8. The van der Waals surface area contributed by atoms with Gasteiger partial charge in [0.1, 0.15) is 0 Å². The van der Waals surface area contributed by atoms with Crippen LogP contribution >= 0.6 is 0 Å². The molecule has 0 heterocycles. The number of methoxy groups -OCH3 is 1. The van der Waals surface area contributed by atoms with Gasteiger partial charge in [-0.2, -0.15) is 0 Å². The highest BCUT2D eigenvalue weighted by Crippen LogP contribution is 2.42. The number of hydrogen-bond acceptors (Lipinski definition) is 1. The molecule has 1 saturated carbocycles. The van der Waals surface area contributed by atoms with Crippen molar-refractivity contribution < 1.29 is 4.74 Å². The maximum Gasteiger partial charge on any atom is 0.0604 e. The fraction of sp³-hybridized carbons (Fsp3) is 1.00. The molecule has 0 amide bonds. The molecule has 3 unspecified atom stereocenters. The largest absolute Gasteiger partial charge is 0.381 e. The highest BCUT2D eigenvalue weighted by Gasteiger charge is 2.39. The first-order valence-corrected chi connectivity index (χ1v) is 5.60. The summed E-state index contributed by atoms with van der Waals surface area (Å²) in [4.78, 5) is 0. The lowest BCUT2D eigenvalue weighted by Gasteiger charge is -2.29. The highest BCUT2D eigenvalue weighted by molar-refractivity contribution is 4.88. The summed E-state index contributed by atoms with van der Waals surface area (Å²) < 4.78 is 5.57. The number of hydrogen-bond donors (Lipinski definition) is 0. The van der Waals surface area contributed by atoms with Crippen LogP contribution < -0.4 is 0 Å². The third kappa shape index (κ3) is 2.25. The molecule has 0 radical (unpaired) electrons. The first-order valence-electron chi connectivity index (χ1n) is 5.60. The van der Waals surface area contributed by atoms with E-state index in [0.29, 0.717) is 6.10 Å². The summed E-state index contributed by atoms with van der Waals surface area (Å²) in [5, 5.41) is 0. The molecular weight excluding hydrogens is 160 g/mol. The molecule has 0 saturated heterocycles. The van der Waals surface area contributed by atoms with Crippen molar-refractivity contribution in [3.8, 4) is 0 Å². The zero-order valence-electron chi connectivity index (χ0n) is 9.71. The Balaban J connectivity index is 2.67. The second-order valence-corrected chi connectivity index (χ2v) is 5.08. The van der Waals surface area contributed by atoms with Gasteiger partial charge in [0.05, 0.1) is 6.10 Å². The Morgan fingerprint density at radius 3 is 2.00 bits per heavy atom. The van der Waals surface area contributed by atoms with E-state index in [4.69, 9.17) is 4.74 Å². The van der Waals surface area contributed by atoms with Gasteiger partial charge in [-0.05, 0) is 36.5 Å². The molecule has 78 valence electrons. The van der Waals surface area contributed by atoms with Crippen LogP contribution in [0.15, 0.2) is 0 Å². The second-order valence-electron chi connectivity index (χ2n) is 5.08. The van der Waals surface area contributed by atoms with Crippen molar-refractivity contribution in [2.45, 2.75) is 46.6 Å². The lowest BCUT2D eigenvalue weighted by atomic mass is 9.79. The van der Waals surface area contributed by atoms with Gasteiger partial charge in [0, 0.05) is 7.11 Å². The summed E-state index contributed by atoms with van der Waals surface area (Å²) in [5.41, 5.74) is 0. The maximum absolute atomic E-state index is 5.57. The van der Waals surface area contributed by atoms with Crippen molar-refractivity contribution in [3.63, 3.8) is 0 Å². The van der Waals surface area contributed by atoms with Gasteiger partial charge in [0.2, 0.25) is 0 Å². The van der Waals surface area contributed by atoms with E-state index in [1.54, 1.807) is 0 Å². The van der Waals surface area contributed by atoms with Crippen LogP contribution in [0.2, 0.25) is 0 Å². The molecule has 1 fully saturated rings. The van der Waals surface area contributed by atoms with E-state index < -0.39 is 0 Å². The van der Waals surface area contributed by atoms with Crippen LogP contribution in [0.4, 0.5) is 0 Å². The van der Waals surface area contributed by atoms with Crippen molar-refractivity contribution >= 4 is 0 Å². The molecule has 0 spiro atoms. The van der Waals surface area contributed by atoms with Gasteiger partial charge < -0.3 is 4.74 Å². The van der Waals surface area contributed by atoms with Gasteiger partial charge in [0.25, 0.3) is 0 Å². The van der Waals surface area contributed by atoms with Crippen LogP contribution in [0.25, 0.3) is 0 Å². The molecule has 1 aliphatic rings. The van der Waals surface area contributed by atoms with E-state index in [1.807, 2.05) is 7.11 Å². The molecule has 0 aromatic carbocycles. The molecule has 0 aromatic heterocycles.